The number of aromatic amines is 1. The zero-order valence-corrected chi connectivity index (χ0v) is 18.4. The van der Waals surface area contributed by atoms with Crippen molar-refractivity contribution in [1.29, 1.82) is 0 Å². The number of aromatic nitrogens is 2. The molecule has 1 heterocycles. The van der Waals surface area contributed by atoms with Crippen molar-refractivity contribution in [2.45, 2.75) is 63.9 Å². The Labute approximate surface area is 189 Å². The molecule has 14 heteroatoms. The number of carboxylic acid groups (broad SMARTS) is 2. The molecule has 0 radical (unpaired) electrons. The third-order valence-electron chi connectivity index (χ3n) is 4.69. The van der Waals surface area contributed by atoms with Gasteiger partial charge in [0.05, 0.1) is 24.9 Å². The first kappa shape index (κ1) is 27.5. The van der Waals surface area contributed by atoms with Gasteiger partial charge in [0.2, 0.25) is 17.7 Å². The van der Waals surface area contributed by atoms with Crippen LogP contribution in [0.5, 0.6) is 0 Å². The number of imidazole rings is 1. The first-order valence-electron chi connectivity index (χ1n) is 10.1. The van der Waals surface area contributed by atoms with Gasteiger partial charge in [-0.25, -0.2) is 9.78 Å². The average molecular weight is 470 g/mol. The Kier molecular flexibility index (Phi) is 10.4. The molecule has 0 spiro atoms. The molecule has 0 aliphatic heterocycles. The number of aliphatic hydroxyl groups is 1. The van der Waals surface area contributed by atoms with Crippen LogP contribution in [-0.4, -0.2) is 85.2 Å². The van der Waals surface area contributed by atoms with E-state index in [2.05, 4.69) is 25.9 Å². The monoisotopic (exact) mass is 470 g/mol. The molecule has 0 aromatic carbocycles. The number of carbonyl (C=O) groups excluding carboxylic acids is 3. The summed E-state index contributed by atoms with van der Waals surface area (Å²) in [6.45, 7) is 4.50. The maximum Gasteiger partial charge on any atom is 0.328 e. The maximum atomic E-state index is 12.8. The highest BCUT2D eigenvalue weighted by atomic mass is 16.4. The van der Waals surface area contributed by atoms with Crippen molar-refractivity contribution >= 4 is 29.7 Å². The van der Waals surface area contributed by atoms with Crippen LogP contribution >= 0.6 is 0 Å². The van der Waals surface area contributed by atoms with E-state index in [0.29, 0.717) is 5.69 Å². The van der Waals surface area contributed by atoms with E-state index in [1.165, 1.54) is 12.5 Å². The molecular weight excluding hydrogens is 440 g/mol. The van der Waals surface area contributed by atoms with Crippen molar-refractivity contribution in [3.05, 3.63) is 18.2 Å². The Balaban J connectivity index is 3.09. The number of hydrogen-bond donors (Lipinski definition) is 8. The van der Waals surface area contributed by atoms with Gasteiger partial charge in [0, 0.05) is 18.3 Å². The van der Waals surface area contributed by atoms with Crippen LogP contribution in [0.2, 0.25) is 0 Å². The molecule has 0 saturated heterocycles. The number of carbonyl (C=O) groups is 5. The summed E-state index contributed by atoms with van der Waals surface area (Å²) in [7, 11) is 0. The minimum absolute atomic E-state index is 0.164. The zero-order chi connectivity index (χ0) is 25.3. The Morgan fingerprint density at radius 2 is 1.58 bits per heavy atom. The topological polar surface area (TPSA) is 237 Å². The summed E-state index contributed by atoms with van der Waals surface area (Å²) in [5.74, 6) is -5.87. The lowest BCUT2D eigenvalue weighted by molar-refractivity contribution is -0.145. The standard InChI is InChI=1S/C19H30N6O8/c1-8(2)14(20)18(31)24-12(5-13(27)28)16(29)23-11(4-10-6-21-7-22-10)17(30)25-15(9(3)26)19(32)33/h6-9,11-12,14-15,26H,4-5,20H2,1-3H3,(H,21,22)(H,23,29)(H,24,31)(H,25,30)(H,27,28)(H,32,33). The molecular formula is C19H30N6O8. The Morgan fingerprint density at radius 1 is 1.00 bits per heavy atom. The molecule has 184 valence electrons. The van der Waals surface area contributed by atoms with Gasteiger partial charge < -0.3 is 42.0 Å². The number of nitrogens with zero attached hydrogens (tertiary/aromatic N) is 1. The molecule has 14 nitrogen and oxygen atoms in total. The number of aliphatic hydroxyl groups excluding tert-OH is 1. The van der Waals surface area contributed by atoms with E-state index >= 15 is 0 Å². The number of amides is 3. The van der Waals surface area contributed by atoms with E-state index in [1.807, 2.05) is 0 Å². The number of rotatable bonds is 13. The van der Waals surface area contributed by atoms with Gasteiger partial charge >= 0.3 is 11.9 Å². The molecule has 9 N–H and O–H groups in total. The number of carboxylic acids is 2. The van der Waals surface area contributed by atoms with E-state index in [-0.39, 0.29) is 12.3 Å². The predicted molar refractivity (Wildman–Crippen MR) is 112 cm³/mol. The van der Waals surface area contributed by atoms with E-state index in [9.17, 15) is 34.2 Å². The predicted octanol–water partition coefficient (Wildman–Crippen LogP) is -2.67. The summed E-state index contributed by atoms with van der Waals surface area (Å²) < 4.78 is 0. The molecule has 5 atom stereocenters. The number of hydrogen-bond acceptors (Lipinski definition) is 8. The van der Waals surface area contributed by atoms with Crippen molar-refractivity contribution in [1.82, 2.24) is 25.9 Å². The molecule has 0 fully saturated rings. The van der Waals surface area contributed by atoms with Crippen molar-refractivity contribution in [3.8, 4) is 0 Å². The molecule has 33 heavy (non-hydrogen) atoms. The van der Waals surface area contributed by atoms with Crippen molar-refractivity contribution in [2.24, 2.45) is 11.7 Å². The van der Waals surface area contributed by atoms with Gasteiger partial charge in [0.1, 0.15) is 12.1 Å². The normalized spacial score (nSPS) is 15.6. The molecule has 0 aliphatic carbocycles. The molecule has 0 saturated carbocycles. The fraction of sp³-hybridized carbons (Fsp3) is 0.579. The third-order valence-corrected chi connectivity index (χ3v) is 4.69. The van der Waals surface area contributed by atoms with Crippen LogP contribution in [0.15, 0.2) is 12.5 Å². The van der Waals surface area contributed by atoms with E-state index in [0.717, 1.165) is 6.92 Å². The lowest BCUT2D eigenvalue weighted by Gasteiger charge is -2.25. The van der Waals surface area contributed by atoms with Gasteiger partial charge in [-0.15, -0.1) is 0 Å². The summed E-state index contributed by atoms with van der Waals surface area (Å²) in [6, 6.07) is -5.59. The fourth-order valence-corrected chi connectivity index (χ4v) is 2.69. The largest absolute Gasteiger partial charge is 0.481 e. The minimum atomic E-state index is -1.66. The van der Waals surface area contributed by atoms with Crippen LogP contribution in [0.3, 0.4) is 0 Å². The van der Waals surface area contributed by atoms with Crippen LogP contribution in [0, 0.1) is 5.92 Å². The fourth-order valence-electron chi connectivity index (χ4n) is 2.69. The van der Waals surface area contributed by atoms with Crippen molar-refractivity contribution in [2.75, 3.05) is 0 Å². The van der Waals surface area contributed by atoms with Gasteiger partial charge in [-0.1, -0.05) is 13.8 Å². The molecule has 1 aromatic rings. The number of nitrogens with two attached hydrogens (primary N) is 1. The van der Waals surface area contributed by atoms with Gasteiger partial charge in [-0.2, -0.15) is 0 Å². The lowest BCUT2D eigenvalue weighted by atomic mass is 10.0. The van der Waals surface area contributed by atoms with Crippen LogP contribution in [0.1, 0.15) is 32.9 Å². The Hall–Kier alpha value is -3.52. The van der Waals surface area contributed by atoms with Crippen LogP contribution in [0.4, 0.5) is 0 Å². The summed E-state index contributed by atoms with van der Waals surface area (Å²) in [5.41, 5.74) is 6.15. The van der Waals surface area contributed by atoms with Gasteiger partial charge in [0.15, 0.2) is 6.04 Å². The lowest BCUT2D eigenvalue weighted by Crippen LogP contribution is -2.59. The Morgan fingerprint density at radius 3 is 2.03 bits per heavy atom. The van der Waals surface area contributed by atoms with E-state index < -0.39 is 66.4 Å². The second-order valence-corrected chi connectivity index (χ2v) is 7.84. The van der Waals surface area contributed by atoms with E-state index in [1.54, 1.807) is 13.8 Å². The summed E-state index contributed by atoms with van der Waals surface area (Å²) in [6.07, 6.45) is 0.304. The van der Waals surface area contributed by atoms with Crippen molar-refractivity contribution in [3.63, 3.8) is 0 Å². The summed E-state index contributed by atoms with van der Waals surface area (Å²) >= 11 is 0. The summed E-state index contributed by atoms with van der Waals surface area (Å²) in [5, 5.41) is 34.7. The van der Waals surface area contributed by atoms with Crippen LogP contribution in [-0.2, 0) is 30.4 Å². The maximum absolute atomic E-state index is 12.8. The smallest absolute Gasteiger partial charge is 0.328 e. The van der Waals surface area contributed by atoms with Crippen LogP contribution in [0.25, 0.3) is 0 Å². The second-order valence-electron chi connectivity index (χ2n) is 7.84. The quantitative estimate of drug-likeness (QED) is 0.149. The van der Waals surface area contributed by atoms with Crippen molar-refractivity contribution < 1.29 is 39.3 Å². The first-order chi connectivity index (χ1) is 15.3. The Bertz CT molecular complexity index is 841. The SMILES string of the molecule is CC(C)C(N)C(=O)NC(CC(=O)O)C(=O)NC(Cc1cnc[nH]1)C(=O)NC(C(=O)O)C(C)O. The first-order valence-corrected chi connectivity index (χ1v) is 10.1. The molecule has 1 rings (SSSR count). The minimum Gasteiger partial charge on any atom is -0.481 e. The van der Waals surface area contributed by atoms with Gasteiger partial charge in [0.25, 0.3) is 0 Å². The third kappa shape index (κ3) is 8.86. The highest BCUT2D eigenvalue weighted by molar-refractivity contribution is 5.95. The molecule has 3 amide bonds. The zero-order valence-electron chi connectivity index (χ0n) is 18.4. The highest BCUT2D eigenvalue weighted by Gasteiger charge is 2.33. The summed E-state index contributed by atoms with van der Waals surface area (Å²) in [4.78, 5) is 66.8. The van der Waals surface area contributed by atoms with Crippen LogP contribution < -0.4 is 21.7 Å². The highest BCUT2D eigenvalue weighted by Crippen LogP contribution is 2.05. The van der Waals surface area contributed by atoms with Gasteiger partial charge in [-0.05, 0) is 12.8 Å². The number of nitrogens with one attached hydrogen (secondary N) is 4. The molecule has 0 aliphatic rings. The second kappa shape index (κ2) is 12.5. The average Bonchev–Trinajstić information content (AvgIpc) is 3.22. The molecule has 1 aromatic heterocycles. The number of H-pyrrole nitrogens is 1. The molecule has 5 unspecified atom stereocenters. The number of aliphatic carboxylic acids is 2. The van der Waals surface area contributed by atoms with E-state index in [4.69, 9.17) is 10.8 Å². The molecule has 0 bridgehead atoms. The van der Waals surface area contributed by atoms with Gasteiger partial charge in [-0.3, -0.25) is 19.2 Å².